The number of Topliss-reactive ketones (excluding diaryl/α,β-unsaturated/α-hetero) is 1. The number of hydrogen-bond acceptors (Lipinski definition) is 3. The Morgan fingerprint density at radius 1 is 1.22 bits per heavy atom. The van der Waals surface area contributed by atoms with Gasteiger partial charge in [0.1, 0.15) is 5.78 Å². The largest absolute Gasteiger partial charge is 0.349 e. The molecule has 4 nitrogen and oxygen atoms in total. The van der Waals surface area contributed by atoms with Crippen LogP contribution in [0.3, 0.4) is 0 Å². The van der Waals surface area contributed by atoms with Gasteiger partial charge in [0, 0.05) is 30.0 Å². The third-order valence-corrected chi connectivity index (χ3v) is 3.21. The maximum Gasteiger partial charge on any atom is 0.252 e. The normalized spacial score (nSPS) is 16.3. The fourth-order valence-corrected chi connectivity index (χ4v) is 2.15. The van der Waals surface area contributed by atoms with Gasteiger partial charge in [0.25, 0.3) is 5.91 Å². The highest BCUT2D eigenvalue weighted by Crippen LogP contribution is 2.16. The van der Waals surface area contributed by atoms with Crippen LogP contribution in [0.4, 0.5) is 0 Å². The molecule has 0 atom stereocenters. The van der Waals surface area contributed by atoms with Crippen molar-refractivity contribution in [3.8, 4) is 0 Å². The first-order valence-electron chi connectivity index (χ1n) is 6.07. The first kappa shape index (κ1) is 12.5. The van der Waals surface area contributed by atoms with Crippen LogP contribution in [0.1, 0.15) is 46.4 Å². The SMILES string of the molecule is O=Cc1ccccc1C(=O)NC1CCC(=O)CC1. The molecule has 18 heavy (non-hydrogen) atoms. The first-order chi connectivity index (χ1) is 8.70. The fourth-order valence-electron chi connectivity index (χ4n) is 2.15. The Balaban J connectivity index is 2.03. The molecule has 0 spiro atoms. The van der Waals surface area contributed by atoms with Crippen molar-refractivity contribution in [1.29, 1.82) is 0 Å². The van der Waals surface area contributed by atoms with Crippen LogP contribution < -0.4 is 5.32 Å². The Morgan fingerprint density at radius 2 is 1.89 bits per heavy atom. The van der Waals surface area contributed by atoms with Crippen LogP contribution >= 0.6 is 0 Å². The van der Waals surface area contributed by atoms with Crippen LogP contribution in [-0.2, 0) is 4.79 Å². The van der Waals surface area contributed by atoms with E-state index in [2.05, 4.69) is 5.32 Å². The van der Waals surface area contributed by atoms with Crippen molar-refractivity contribution in [2.45, 2.75) is 31.7 Å². The van der Waals surface area contributed by atoms with Crippen molar-refractivity contribution in [2.24, 2.45) is 0 Å². The summed E-state index contributed by atoms with van der Waals surface area (Å²) in [5.41, 5.74) is 0.784. The van der Waals surface area contributed by atoms with Gasteiger partial charge in [-0.2, -0.15) is 0 Å². The summed E-state index contributed by atoms with van der Waals surface area (Å²) in [4.78, 5) is 34.0. The lowest BCUT2D eigenvalue weighted by Crippen LogP contribution is -2.38. The highest BCUT2D eigenvalue weighted by atomic mass is 16.2. The second-order valence-electron chi connectivity index (χ2n) is 4.49. The van der Waals surface area contributed by atoms with E-state index in [-0.39, 0.29) is 17.7 Å². The Kier molecular flexibility index (Phi) is 3.87. The Labute approximate surface area is 105 Å². The maximum atomic E-state index is 12.0. The summed E-state index contributed by atoms with van der Waals surface area (Å²) >= 11 is 0. The molecule has 0 aromatic heterocycles. The van der Waals surface area contributed by atoms with Gasteiger partial charge < -0.3 is 5.32 Å². The van der Waals surface area contributed by atoms with Gasteiger partial charge in [-0.3, -0.25) is 14.4 Å². The molecule has 1 aromatic carbocycles. The summed E-state index contributed by atoms with van der Waals surface area (Å²) in [6.45, 7) is 0. The summed E-state index contributed by atoms with van der Waals surface area (Å²) in [6.07, 6.45) is 3.11. The number of carbonyl (C=O) groups is 3. The third kappa shape index (κ3) is 2.83. The van der Waals surface area contributed by atoms with E-state index in [9.17, 15) is 14.4 Å². The monoisotopic (exact) mass is 245 g/mol. The highest BCUT2D eigenvalue weighted by Gasteiger charge is 2.21. The molecule has 0 aliphatic heterocycles. The number of ketones is 1. The van der Waals surface area contributed by atoms with E-state index in [0.29, 0.717) is 43.1 Å². The minimum atomic E-state index is -0.239. The second kappa shape index (κ2) is 5.58. The molecule has 1 saturated carbocycles. The zero-order valence-corrected chi connectivity index (χ0v) is 10.0. The van der Waals surface area contributed by atoms with Crippen molar-refractivity contribution < 1.29 is 14.4 Å². The molecule has 4 heteroatoms. The quantitative estimate of drug-likeness (QED) is 0.825. The summed E-state index contributed by atoms with van der Waals surface area (Å²) in [7, 11) is 0. The van der Waals surface area contributed by atoms with Crippen molar-refractivity contribution in [2.75, 3.05) is 0 Å². The average molecular weight is 245 g/mol. The van der Waals surface area contributed by atoms with Crippen LogP contribution in [0, 0.1) is 0 Å². The lowest BCUT2D eigenvalue weighted by Gasteiger charge is -2.22. The van der Waals surface area contributed by atoms with Gasteiger partial charge in [-0.25, -0.2) is 0 Å². The Hall–Kier alpha value is -1.97. The van der Waals surface area contributed by atoms with E-state index in [1.165, 1.54) is 0 Å². The molecule has 0 saturated heterocycles. The fraction of sp³-hybridized carbons (Fsp3) is 0.357. The zero-order valence-electron chi connectivity index (χ0n) is 10.0. The molecule has 1 N–H and O–H groups in total. The van der Waals surface area contributed by atoms with Crippen LogP contribution in [0.5, 0.6) is 0 Å². The minimum Gasteiger partial charge on any atom is -0.349 e. The van der Waals surface area contributed by atoms with Gasteiger partial charge in [-0.1, -0.05) is 18.2 Å². The molecular weight excluding hydrogens is 230 g/mol. The van der Waals surface area contributed by atoms with Gasteiger partial charge in [0.15, 0.2) is 6.29 Å². The summed E-state index contributed by atoms with van der Waals surface area (Å²) in [5.74, 6) is 0.0193. The maximum absolute atomic E-state index is 12.0. The van der Waals surface area contributed by atoms with Gasteiger partial charge in [-0.05, 0) is 18.9 Å². The lowest BCUT2D eigenvalue weighted by atomic mass is 9.94. The number of carbonyl (C=O) groups excluding carboxylic acids is 3. The number of nitrogens with one attached hydrogen (secondary N) is 1. The molecule has 0 radical (unpaired) electrons. The Morgan fingerprint density at radius 3 is 2.56 bits per heavy atom. The number of benzene rings is 1. The molecule has 1 amide bonds. The average Bonchev–Trinajstić information content (AvgIpc) is 2.41. The molecule has 0 bridgehead atoms. The van der Waals surface area contributed by atoms with Gasteiger partial charge in [0.2, 0.25) is 0 Å². The molecular formula is C14H15NO3. The second-order valence-corrected chi connectivity index (χ2v) is 4.49. The third-order valence-electron chi connectivity index (χ3n) is 3.21. The minimum absolute atomic E-state index is 0.0370. The zero-order chi connectivity index (χ0) is 13.0. The summed E-state index contributed by atoms with van der Waals surface area (Å²) < 4.78 is 0. The van der Waals surface area contributed by atoms with Crippen LogP contribution in [0.2, 0.25) is 0 Å². The molecule has 94 valence electrons. The van der Waals surface area contributed by atoms with E-state index in [4.69, 9.17) is 0 Å². The Bertz CT molecular complexity index is 472. The molecule has 0 heterocycles. The standard InChI is InChI=1S/C14H15NO3/c16-9-10-3-1-2-4-13(10)14(18)15-11-5-7-12(17)8-6-11/h1-4,9,11H,5-8H2,(H,15,18). The van der Waals surface area contributed by atoms with Crippen molar-refractivity contribution in [3.63, 3.8) is 0 Å². The van der Waals surface area contributed by atoms with E-state index in [1.54, 1.807) is 24.3 Å². The predicted molar refractivity (Wildman–Crippen MR) is 66.6 cm³/mol. The highest BCUT2D eigenvalue weighted by molar-refractivity contribution is 6.01. The van der Waals surface area contributed by atoms with E-state index < -0.39 is 0 Å². The molecule has 1 aliphatic rings. The van der Waals surface area contributed by atoms with Gasteiger partial charge in [0.05, 0.1) is 0 Å². The van der Waals surface area contributed by atoms with Gasteiger partial charge in [-0.15, -0.1) is 0 Å². The smallest absolute Gasteiger partial charge is 0.252 e. The van der Waals surface area contributed by atoms with Crippen molar-refractivity contribution in [3.05, 3.63) is 35.4 Å². The first-order valence-corrected chi connectivity index (χ1v) is 6.07. The van der Waals surface area contributed by atoms with Gasteiger partial charge >= 0.3 is 0 Å². The summed E-state index contributed by atoms with van der Waals surface area (Å²) in [6, 6.07) is 6.74. The topological polar surface area (TPSA) is 63.2 Å². The van der Waals surface area contributed by atoms with Crippen molar-refractivity contribution >= 4 is 18.0 Å². The molecule has 0 unspecified atom stereocenters. The molecule has 1 aromatic rings. The molecule has 1 fully saturated rings. The molecule has 1 aliphatic carbocycles. The van der Waals surface area contributed by atoms with Crippen LogP contribution in [-0.4, -0.2) is 24.0 Å². The predicted octanol–water partition coefficient (Wildman–Crippen LogP) is 1.74. The lowest BCUT2D eigenvalue weighted by molar-refractivity contribution is -0.120. The van der Waals surface area contributed by atoms with Crippen LogP contribution in [0.15, 0.2) is 24.3 Å². The number of rotatable bonds is 3. The number of hydrogen-bond donors (Lipinski definition) is 1. The van der Waals surface area contributed by atoms with E-state index in [1.807, 2.05) is 0 Å². The summed E-state index contributed by atoms with van der Waals surface area (Å²) in [5, 5.41) is 2.88. The molecule has 2 rings (SSSR count). The van der Waals surface area contributed by atoms with Crippen molar-refractivity contribution in [1.82, 2.24) is 5.32 Å². The van der Waals surface area contributed by atoms with Crippen LogP contribution in [0.25, 0.3) is 0 Å². The van der Waals surface area contributed by atoms with E-state index in [0.717, 1.165) is 0 Å². The number of amides is 1. The number of aldehydes is 1. The van der Waals surface area contributed by atoms with E-state index >= 15 is 0 Å².